The Morgan fingerprint density at radius 1 is 1.24 bits per heavy atom. The Balaban J connectivity index is 1.16. The number of fused-ring (bicyclic) bond motifs is 1. The zero-order valence-electron chi connectivity index (χ0n) is 23.3. The lowest BCUT2D eigenvalue weighted by Gasteiger charge is -2.39. The molecule has 2 aliphatic heterocycles. The maximum atomic E-state index is 13.4. The van der Waals surface area contributed by atoms with Crippen molar-refractivity contribution in [2.24, 2.45) is 11.3 Å². The molecule has 0 unspecified atom stereocenters. The van der Waals surface area contributed by atoms with Gasteiger partial charge in [0.2, 0.25) is 5.91 Å². The molecule has 2 N–H and O–H groups in total. The van der Waals surface area contributed by atoms with Crippen molar-refractivity contribution in [1.29, 1.82) is 0 Å². The number of carbonyl (C=O) groups is 1. The molecule has 0 bridgehead atoms. The molecule has 4 atom stereocenters. The minimum Gasteiger partial charge on any atom is -0.388 e. The van der Waals surface area contributed by atoms with E-state index in [9.17, 15) is 27.9 Å². The van der Waals surface area contributed by atoms with E-state index in [1.165, 1.54) is 22.7 Å². The van der Waals surface area contributed by atoms with Crippen LogP contribution in [0.25, 0.3) is 16.7 Å². The van der Waals surface area contributed by atoms with Gasteiger partial charge in [0.05, 0.1) is 47.6 Å². The lowest BCUT2D eigenvalue weighted by atomic mass is 9.90. The first kappa shape index (κ1) is 29.2. The van der Waals surface area contributed by atoms with Crippen LogP contribution < -0.4 is 10.9 Å². The van der Waals surface area contributed by atoms with Crippen LogP contribution in [0.5, 0.6) is 0 Å². The number of hydrogen-bond donors (Lipinski definition) is 2. The molecule has 226 valence electrons. The number of likely N-dealkylation sites (tertiary alicyclic amines) is 1. The Hall–Kier alpha value is -2.93. The first-order valence-electron chi connectivity index (χ1n) is 14.1. The van der Waals surface area contributed by atoms with Gasteiger partial charge >= 0.3 is 6.18 Å². The van der Waals surface area contributed by atoms with E-state index in [0.717, 1.165) is 17.8 Å². The predicted octanol–water partition coefficient (Wildman–Crippen LogP) is 3.83. The molecule has 9 nitrogen and oxygen atoms in total. The number of benzene rings is 1. The summed E-state index contributed by atoms with van der Waals surface area (Å²) in [6.45, 7) is 4.87. The highest BCUT2D eigenvalue weighted by molar-refractivity contribution is 6.31. The van der Waals surface area contributed by atoms with Crippen molar-refractivity contribution in [2.45, 2.75) is 63.6 Å². The molecule has 3 aliphatic rings. The molecule has 0 spiro atoms. The first-order chi connectivity index (χ1) is 19.8. The van der Waals surface area contributed by atoms with Crippen LogP contribution in [-0.4, -0.2) is 74.2 Å². The summed E-state index contributed by atoms with van der Waals surface area (Å²) in [6.07, 6.45) is -2.82. The number of carbonyl (C=O) groups excluding carboxylic acids is 1. The number of ether oxygens (including phenoxy) is 1. The van der Waals surface area contributed by atoms with Crippen molar-refractivity contribution in [3.05, 3.63) is 57.7 Å². The van der Waals surface area contributed by atoms with Crippen molar-refractivity contribution < 1.29 is 27.8 Å². The van der Waals surface area contributed by atoms with Crippen molar-refractivity contribution in [2.75, 3.05) is 26.2 Å². The number of aromatic nitrogens is 3. The van der Waals surface area contributed by atoms with E-state index in [2.05, 4.69) is 10.3 Å². The molecule has 4 heterocycles. The molecule has 13 heteroatoms. The number of aliphatic hydroxyl groups is 1. The molecule has 3 fully saturated rings. The summed E-state index contributed by atoms with van der Waals surface area (Å²) in [7, 11) is 0. The van der Waals surface area contributed by atoms with Gasteiger partial charge in [-0.05, 0) is 49.9 Å². The number of nitrogens with zero attached hydrogens (tertiary/aromatic N) is 4. The highest BCUT2D eigenvalue weighted by atomic mass is 35.5. The van der Waals surface area contributed by atoms with Crippen LogP contribution in [0.4, 0.5) is 13.2 Å². The van der Waals surface area contributed by atoms with E-state index in [1.54, 1.807) is 10.6 Å². The number of morpholine rings is 1. The molecule has 2 saturated heterocycles. The molecule has 42 heavy (non-hydrogen) atoms. The van der Waals surface area contributed by atoms with Crippen LogP contribution >= 0.6 is 11.6 Å². The molecule has 1 amide bonds. The van der Waals surface area contributed by atoms with Crippen LogP contribution in [-0.2, 0) is 16.1 Å². The van der Waals surface area contributed by atoms with Gasteiger partial charge < -0.3 is 20.1 Å². The summed E-state index contributed by atoms with van der Waals surface area (Å²) in [4.78, 5) is 32.1. The topological polar surface area (TPSA) is 102 Å². The second-order valence-electron chi connectivity index (χ2n) is 12.1. The molecule has 1 aromatic carbocycles. The summed E-state index contributed by atoms with van der Waals surface area (Å²) in [5.74, 6) is -2.16. The average molecular weight is 608 g/mol. The predicted molar refractivity (Wildman–Crippen MR) is 150 cm³/mol. The van der Waals surface area contributed by atoms with Crippen LogP contribution in [0.1, 0.15) is 44.7 Å². The molecule has 0 radical (unpaired) electrons. The molecule has 6 rings (SSSR count). The Morgan fingerprint density at radius 3 is 2.52 bits per heavy atom. The van der Waals surface area contributed by atoms with Crippen LogP contribution in [0.3, 0.4) is 0 Å². The summed E-state index contributed by atoms with van der Waals surface area (Å²) in [5, 5.41) is 15.3. The lowest BCUT2D eigenvalue weighted by molar-refractivity contribution is -0.165. The van der Waals surface area contributed by atoms with Gasteiger partial charge in [-0.15, -0.1) is 0 Å². The number of amides is 1. The van der Waals surface area contributed by atoms with Gasteiger partial charge in [0.15, 0.2) is 5.65 Å². The number of piperidine rings is 1. The lowest BCUT2D eigenvalue weighted by Crippen LogP contribution is -2.51. The number of halogens is 4. The molecular formula is C29H33ClF3N5O4. The number of hydrogen-bond acceptors (Lipinski definition) is 6. The maximum Gasteiger partial charge on any atom is 0.392 e. The summed E-state index contributed by atoms with van der Waals surface area (Å²) < 4.78 is 48.2. The van der Waals surface area contributed by atoms with Crippen LogP contribution in [0, 0.1) is 11.3 Å². The van der Waals surface area contributed by atoms with Crippen LogP contribution in [0.15, 0.2) is 41.5 Å². The number of nitrogens with one attached hydrogen (secondary N) is 1. The SMILES string of the molecule is C[C@H]1CN[C@H](c2ccc(-n3c(Cl)cc4c(=O)n(CC5(O)CCN(C(=O)[C@@]6(C)C[C@@H]6C(F)(F)F)CC5)cnc43)cc2)CO1. The number of rotatable bonds is 5. The normalized spacial score (nSPS) is 27.8. The van der Waals surface area contributed by atoms with Crippen LogP contribution in [0.2, 0.25) is 5.15 Å². The van der Waals surface area contributed by atoms with E-state index in [1.807, 2.05) is 31.2 Å². The second kappa shape index (κ2) is 10.4. The molecule has 1 saturated carbocycles. The summed E-state index contributed by atoms with van der Waals surface area (Å²) in [6, 6.07) is 9.41. The highest BCUT2D eigenvalue weighted by Gasteiger charge is 2.68. The van der Waals surface area contributed by atoms with Crippen molar-refractivity contribution >= 4 is 28.5 Å². The zero-order chi connectivity index (χ0) is 30.0. The van der Waals surface area contributed by atoms with Crippen molar-refractivity contribution in [1.82, 2.24) is 24.3 Å². The zero-order valence-corrected chi connectivity index (χ0v) is 24.1. The van der Waals surface area contributed by atoms with Gasteiger partial charge in [0.1, 0.15) is 11.5 Å². The number of alkyl halides is 3. The highest BCUT2D eigenvalue weighted by Crippen LogP contribution is 2.61. The van der Waals surface area contributed by atoms with E-state index in [4.69, 9.17) is 16.3 Å². The fourth-order valence-electron chi connectivity index (χ4n) is 6.24. The third-order valence-electron chi connectivity index (χ3n) is 9.06. The van der Waals surface area contributed by atoms with Gasteiger partial charge in [-0.25, -0.2) is 4.98 Å². The summed E-state index contributed by atoms with van der Waals surface area (Å²) in [5.41, 5.74) is -0.943. The Labute approximate surface area is 245 Å². The largest absolute Gasteiger partial charge is 0.392 e. The van der Waals surface area contributed by atoms with Gasteiger partial charge in [0, 0.05) is 25.3 Å². The summed E-state index contributed by atoms with van der Waals surface area (Å²) >= 11 is 6.56. The second-order valence-corrected chi connectivity index (χ2v) is 12.5. The Bertz CT molecular complexity index is 1560. The molecule has 1 aliphatic carbocycles. The minimum atomic E-state index is -4.40. The third-order valence-corrected chi connectivity index (χ3v) is 9.34. The Morgan fingerprint density at radius 2 is 1.93 bits per heavy atom. The minimum absolute atomic E-state index is 0.0637. The first-order valence-corrected chi connectivity index (χ1v) is 14.5. The van der Waals surface area contributed by atoms with Gasteiger partial charge in [-0.2, -0.15) is 13.2 Å². The van der Waals surface area contributed by atoms with Gasteiger partial charge in [-0.1, -0.05) is 30.7 Å². The van der Waals surface area contributed by atoms with E-state index >= 15 is 0 Å². The Kier molecular flexibility index (Phi) is 7.19. The van der Waals surface area contributed by atoms with Gasteiger partial charge in [0.25, 0.3) is 5.56 Å². The van der Waals surface area contributed by atoms with E-state index in [0.29, 0.717) is 22.8 Å². The fraction of sp³-hybridized carbons (Fsp3) is 0.552. The monoisotopic (exact) mass is 607 g/mol. The standard InChI is InChI=1S/C29H33ClF3N5O4/c1-17-13-34-21(14-42-17)18-3-5-19(6-4-18)38-23(30)11-20-24(38)35-16-37(25(20)39)15-28(41)7-9-36(10-8-28)26(40)27(2)12-22(27)29(31,32)33/h3-6,11,16-17,21-22,34,41H,7-10,12-15H2,1-2H3/t17-,21-,22-,27-/m0/s1. The molecule has 3 aromatic rings. The van der Waals surface area contributed by atoms with Crippen molar-refractivity contribution in [3.63, 3.8) is 0 Å². The van der Waals surface area contributed by atoms with E-state index in [-0.39, 0.29) is 56.6 Å². The van der Waals surface area contributed by atoms with Gasteiger partial charge in [-0.3, -0.25) is 18.7 Å². The quantitative estimate of drug-likeness (QED) is 0.457. The maximum absolute atomic E-state index is 13.4. The molecular weight excluding hydrogens is 575 g/mol. The molecule has 2 aromatic heterocycles. The van der Waals surface area contributed by atoms with Crippen molar-refractivity contribution in [3.8, 4) is 5.69 Å². The third kappa shape index (κ3) is 5.23. The van der Waals surface area contributed by atoms with E-state index < -0.39 is 29.0 Å². The smallest absolute Gasteiger partial charge is 0.388 e. The fourth-order valence-corrected chi connectivity index (χ4v) is 6.53. The average Bonchev–Trinajstić information content (AvgIpc) is 3.56.